The van der Waals surface area contributed by atoms with E-state index in [1.54, 1.807) is 0 Å². The maximum absolute atomic E-state index is 4.91. The van der Waals surface area contributed by atoms with Crippen molar-refractivity contribution < 1.29 is 0 Å². The maximum Gasteiger partial charge on any atom is 0.133 e. The standard InChI is InChI=1S/C6H12N2S4/c1-2-8(6(11)12)4-3-7-5(9)10/h2-4H2,1H3,(H,11,12)(H2,7,9,10). The zero-order valence-electron chi connectivity index (χ0n) is 6.78. The third-order valence-corrected chi connectivity index (χ3v) is 2.15. The molecule has 0 atom stereocenters. The van der Waals surface area contributed by atoms with Crippen LogP contribution in [0.2, 0.25) is 0 Å². The molecule has 0 aliphatic rings. The first kappa shape index (κ1) is 12.5. The minimum Gasteiger partial charge on any atom is -0.369 e. The predicted molar refractivity (Wildman–Crippen MR) is 68.4 cm³/mol. The summed E-state index contributed by atoms with van der Waals surface area (Å²) in [6.45, 7) is 4.45. The van der Waals surface area contributed by atoms with Gasteiger partial charge in [0.05, 0.1) is 0 Å². The van der Waals surface area contributed by atoms with E-state index in [1.807, 2.05) is 11.8 Å². The average molecular weight is 240 g/mol. The normalized spacial score (nSPS) is 9.25. The molecule has 0 spiro atoms. The van der Waals surface area contributed by atoms with E-state index in [-0.39, 0.29) is 0 Å². The molecule has 0 heterocycles. The number of rotatable bonds is 4. The van der Waals surface area contributed by atoms with Crippen molar-refractivity contribution in [2.75, 3.05) is 19.6 Å². The lowest BCUT2D eigenvalue weighted by Crippen LogP contribution is -2.34. The van der Waals surface area contributed by atoms with Gasteiger partial charge in [0.25, 0.3) is 0 Å². The minimum absolute atomic E-state index is 0.510. The zero-order chi connectivity index (χ0) is 9.56. The first-order chi connectivity index (χ1) is 5.57. The molecular weight excluding hydrogens is 228 g/mol. The van der Waals surface area contributed by atoms with Crippen molar-refractivity contribution in [2.45, 2.75) is 6.92 Å². The van der Waals surface area contributed by atoms with Crippen LogP contribution in [0.5, 0.6) is 0 Å². The summed E-state index contributed by atoms with van der Waals surface area (Å²) < 4.78 is 1.13. The molecule has 0 rings (SSSR count). The monoisotopic (exact) mass is 240 g/mol. The van der Waals surface area contributed by atoms with Gasteiger partial charge in [-0.15, -0.1) is 25.3 Å². The Balaban J connectivity index is 3.59. The van der Waals surface area contributed by atoms with E-state index >= 15 is 0 Å². The van der Waals surface area contributed by atoms with Crippen LogP contribution in [0.4, 0.5) is 0 Å². The largest absolute Gasteiger partial charge is 0.369 e. The highest BCUT2D eigenvalue weighted by Crippen LogP contribution is 1.94. The highest BCUT2D eigenvalue weighted by atomic mass is 32.1. The summed E-state index contributed by atoms with van der Waals surface area (Å²) in [6, 6.07) is 0. The predicted octanol–water partition coefficient (Wildman–Crippen LogP) is 1.33. The molecule has 0 aromatic heterocycles. The molecule has 0 amide bonds. The molecule has 0 unspecified atom stereocenters. The number of hydrogen-bond donors (Lipinski definition) is 3. The Morgan fingerprint density at radius 2 is 2.00 bits per heavy atom. The second-order valence-electron chi connectivity index (χ2n) is 2.09. The van der Waals surface area contributed by atoms with Crippen LogP contribution in [-0.2, 0) is 0 Å². The highest BCUT2D eigenvalue weighted by molar-refractivity contribution is 8.11. The lowest BCUT2D eigenvalue weighted by atomic mass is 10.5. The van der Waals surface area contributed by atoms with Gasteiger partial charge in [-0.2, -0.15) is 0 Å². The molecule has 0 aromatic rings. The Bertz CT molecular complexity index is 171. The van der Waals surface area contributed by atoms with Crippen LogP contribution in [0.15, 0.2) is 0 Å². The fraction of sp³-hybridized carbons (Fsp3) is 0.667. The summed E-state index contributed by atoms with van der Waals surface area (Å²) in [6.07, 6.45) is 0. The maximum atomic E-state index is 4.91. The van der Waals surface area contributed by atoms with Crippen molar-refractivity contribution in [2.24, 2.45) is 0 Å². The van der Waals surface area contributed by atoms with Crippen molar-refractivity contribution in [3.63, 3.8) is 0 Å². The van der Waals surface area contributed by atoms with E-state index < -0.39 is 0 Å². The quantitative estimate of drug-likeness (QED) is 0.507. The van der Waals surface area contributed by atoms with Gasteiger partial charge in [-0.1, -0.05) is 24.4 Å². The fourth-order valence-electron chi connectivity index (χ4n) is 0.687. The lowest BCUT2D eigenvalue weighted by Gasteiger charge is -2.20. The second kappa shape index (κ2) is 6.94. The minimum atomic E-state index is 0.510. The Labute approximate surface area is 94.9 Å². The van der Waals surface area contributed by atoms with Gasteiger partial charge in [0.2, 0.25) is 0 Å². The molecule has 0 aliphatic carbocycles. The third kappa shape index (κ3) is 6.05. The first-order valence-corrected chi connectivity index (χ1v) is 5.23. The van der Waals surface area contributed by atoms with Crippen LogP contribution in [0.25, 0.3) is 0 Å². The molecule has 70 valence electrons. The topological polar surface area (TPSA) is 15.3 Å². The van der Waals surface area contributed by atoms with Crippen LogP contribution in [0.3, 0.4) is 0 Å². The van der Waals surface area contributed by atoms with Crippen LogP contribution in [0, 0.1) is 0 Å². The van der Waals surface area contributed by atoms with Gasteiger partial charge < -0.3 is 10.2 Å². The van der Waals surface area contributed by atoms with Gasteiger partial charge in [0, 0.05) is 19.6 Å². The number of thiol groups is 2. The van der Waals surface area contributed by atoms with E-state index in [2.05, 4.69) is 30.6 Å². The molecular formula is C6H12N2S4. The molecule has 12 heavy (non-hydrogen) atoms. The molecule has 0 saturated heterocycles. The molecule has 1 N–H and O–H groups in total. The number of nitrogens with one attached hydrogen (secondary N) is 1. The SMILES string of the molecule is CCN(CCNC(=S)S)C(=S)S. The van der Waals surface area contributed by atoms with E-state index in [4.69, 9.17) is 24.4 Å². The number of likely N-dealkylation sites (N-methyl/N-ethyl adjacent to an activating group) is 1. The molecule has 0 aromatic carbocycles. The summed E-state index contributed by atoms with van der Waals surface area (Å²) >= 11 is 17.6. The lowest BCUT2D eigenvalue weighted by molar-refractivity contribution is 0.459. The Hall–Kier alpha value is 0.480. The van der Waals surface area contributed by atoms with Gasteiger partial charge in [0.1, 0.15) is 8.64 Å². The number of hydrogen-bond acceptors (Lipinski definition) is 2. The zero-order valence-corrected chi connectivity index (χ0v) is 10.2. The molecule has 0 aliphatic heterocycles. The Morgan fingerprint density at radius 1 is 1.42 bits per heavy atom. The second-order valence-corrected chi connectivity index (χ2v) is 4.37. The van der Waals surface area contributed by atoms with Gasteiger partial charge in [-0.05, 0) is 6.92 Å². The fourth-order valence-corrected chi connectivity index (χ4v) is 1.36. The van der Waals surface area contributed by atoms with E-state index in [0.29, 0.717) is 8.64 Å². The van der Waals surface area contributed by atoms with Crippen molar-refractivity contribution in [3.05, 3.63) is 0 Å². The highest BCUT2D eigenvalue weighted by Gasteiger charge is 2.01. The van der Waals surface area contributed by atoms with Crippen molar-refractivity contribution in [1.82, 2.24) is 10.2 Å². The van der Waals surface area contributed by atoms with Gasteiger partial charge in [0.15, 0.2) is 0 Å². The Kier molecular flexibility index (Phi) is 7.22. The average Bonchev–Trinajstić information content (AvgIpc) is 1.96. The summed E-state index contributed by atoms with van der Waals surface area (Å²) in [5.41, 5.74) is 0. The summed E-state index contributed by atoms with van der Waals surface area (Å²) in [5, 5.41) is 2.93. The molecule has 0 radical (unpaired) electrons. The summed E-state index contributed by atoms with van der Waals surface area (Å²) in [7, 11) is 0. The van der Waals surface area contributed by atoms with Crippen molar-refractivity contribution >= 4 is 58.3 Å². The van der Waals surface area contributed by atoms with Gasteiger partial charge >= 0.3 is 0 Å². The smallest absolute Gasteiger partial charge is 0.133 e. The molecule has 0 bridgehead atoms. The van der Waals surface area contributed by atoms with Crippen LogP contribution < -0.4 is 5.32 Å². The summed E-state index contributed by atoms with van der Waals surface area (Å²) in [5.74, 6) is 0. The molecule has 0 fully saturated rings. The number of nitrogens with zero attached hydrogens (tertiary/aromatic N) is 1. The molecule has 6 heteroatoms. The van der Waals surface area contributed by atoms with Crippen molar-refractivity contribution in [3.8, 4) is 0 Å². The van der Waals surface area contributed by atoms with Gasteiger partial charge in [-0.3, -0.25) is 0 Å². The third-order valence-electron chi connectivity index (χ3n) is 1.31. The summed E-state index contributed by atoms with van der Waals surface area (Å²) in [4.78, 5) is 1.97. The van der Waals surface area contributed by atoms with Crippen LogP contribution >= 0.6 is 49.7 Å². The van der Waals surface area contributed by atoms with E-state index in [0.717, 1.165) is 19.6 Å². The van der Waals surface area contributed by atoms with Crippen LogP contribution in [0.1, 0.15) is 6.92 Å². The molecule has 0 saturated carbocycles. The number of thiocarbonyl (C=S) groups is 2. The van der Waals surface area contributed by atoms with Crippen molar-refractivity contribution in [1.29, 1.82) is 0 Å². The molecule has 2 nitrogen and oxygen atoms in total. The van der Waals surface area contributed by atoms with Crippen LogP contribution in [-0.4, -0.2) is 33.2 Å². The van der Waals surface area contributed by atoms with Gasteiger partial charge in [-0.25, -0.2) is 0 Å². The van der Waals surface area contributed by atoms with E-state index in [9.17, 15) is 0 Å². The first-order valence-electron chi connectivity index (χ1n) is 3.52. The van der Waals surface area contributed by atoms with E-state index in [1.165, 1.54) is 0 Å². The Morgan fingerprint density at radius 3 is 2.33 bits per heavy atom.